The maximum atomic E-state index is 11.6. The zero-order valence-electron chi connectivity index (χ0n) is 10.1. The molecule has 3 N–H and O–H groups in total. The average Bonchev–Trinajstić information content (AvgIpc) is 2.26. The Morgan fingerprint density at radius 2 is 1.94 bits per heavy atom. The number of aliphatic carboxylic acids is 2. The number of carbonyl (C=O) groups excluding carboxylic acids is 1. The van der Waals surface area contributed by atoms with Gasteiger partial charge in [-0.2, -0.15) is 5.26 Å². The van der Waals surface area contributed by atoms with Gasteiger partial charge in [0.05, 0.1) is 18.9 Å². The second-order valence-electron chi connectivity index (χ2n) is 3.76. The minimum absolute atomic E-state index is 0.0978. The van der Waals surface area contributed by atoms with Crippen LogP contribution in [0.15, 0.2) is 0 Å². The molecule has 0 fully saturated rings. The summed E-state index contributed by atoms with van der Waals surface area (Å²) in [6.07, 6.45) is -0.609. The van der Waals surface area contributed by atoms with Crippen molar-refractivity contribution in [1.29, 1.82) is 5.26 Å². The van der Waals surface area contributed by atoms with Gasteiger partial charge in [0.1, 0.15) is 6.04 Å². The lowest BCUT2D eigenvalue weighted by atomic mass is 10.2. The Hall–Kier alpha value is -2.30. The van der Waals surface area contributed by atoms with Crippen LogP contribution in [0.5, 0.6) is 0 Å². The molecule has 0 aliphatic heterocycles. The quantitative estimate of drug-likeness (QED) is 0.606. The molecule has 0 saturated carbocycles. The monoisotopic (exact) mass is 257 g/mol. The highest BCUT2D eigenvalue weighted by Crippen LogP contribution is 2.02. The largest absolute Gasteiger partial charge is 0.481 e. The summed E-state index contributed by atoms with van der Waals surface area (Å²) in [6, 6.07) is -0.739. The van der Waals surface area contributed by atoms with Crippen LogP contribution in [0.2, 0.25) is 0 Å². The Labute approximate surface area is 104 Å². The Morgan fingerprint density at radius 3 is 2.33 bits per heavy atom. The lowest BCUT2D eigenvalue weighted by molar-refractivity contribution is -0.145. The number of carboxylic acids is 2. The van der Waals surface area contributed by atoms with Crippen molar-refractivity contribution in [3.05, 3.63) is 0 Å². The third-order valence-electron chi connectivity index (χ3n) is 2.34. The van der Waals surface area contributed by atoms with E-state index in [0.717, 1.165) is 4.90 Å². The van der Waals surface area contributed by atoms with Crippen LogP contribution >= 0.6 is 0 Å². The van der Waals surface area contributed by atoms with E-state index in [2.05, 4.69) is 5.32 Å². The Morgan fingerprint density at radius 1 is 1.39 bits per heavy atom. The van der Waals surface area contributed by atoms with Gasteiger partial charge in [0.2, 0.25) is 0 Å². The molecular weight excluding hydrogens is 242 g/mol. The number of nitrogens with one attached hydrogen (secondary N) is 1. The van der Waals surface area contributed by atoms with E-state index in [1.165, 1.54) is 7.05 Å². The molecule has 0 rings (SSSR count). The highest BCUT2D eigenvalue weighted by molar-refractivity contribution is 5.86. The van der Waals surface area contributed by atoms with Crippen LogP contribution in [0.4, 0.5) is 4.79 Å². The van der Waals surface area contributed by atoms with Crippen molar-refractivity contribution in [2.24, 2.45) is 0 Å². The smallest absolute Gasteiger partial charge is 0.326 e. The van der Waals surface area contributed by atoms with Crippen molar-refractivity contribution < 1.29 is 24.6 Å². The van der Waals surface area contributed by atoms with Crippen LogP contribution in [0.3, 0.4) is 0 Å². The molecule has 0 aliphatic carbocycles. The van der Waals surface area contributed by atoms with Crippen LogP contribution in [-0.2, 0) is 9.59 Å². The van der Waals surface area contributed by atoms with Crippen LogP contribution in [0, 0.1) is 11.3 Å². The van der Waals surface area contributed by atoms with E-state index in [0.29, 0.717) is 0 Å². The first-order valence-corrected chi connectivity index (χ1v) is 5.14. The zero-order valence-corrected chi connectivity index (χ0v) is 10.1. The lowest BCUT2D eigenvalue weighted by Gasteiger charge is -2.25. The van der Waals surface area contributed by atoms with E-state index in [9.17, 15) is 14.4 Å². The molecule has 0 bridgehead atoms. The second-order valence-corrected chi connectivity index (χ2v) is 3.76. The molecule has 0 radical (unpaired) electrons. The summed E-state index contributed by atoms with van der Waals surface area (Å²) in [4.78, 5) is 33.9. The number of hydrogen-bond acceptors (Lipinski definition) is 4. The van der Waals surface area contributed by atoms with Gasteiger partial charge in [-0.15, -0.1) is 0 Å². The van der Waals surface area contributed by atoms with Gasteiger partial charge in [0, 0.05) is 13.1 Å². The fraction of sp³-hybridized carbons (Fsp3) is 0.600. The molecule has 0 aromatic rings. The maximum Gasteiger partial charge on any atom is 0.326 e. The topological polar surface area (TPSA) is 131 Å². The van der Waals surface area contributed by atoms with Gasteiger partial charge in [-0.05, 0) is 6.92 Å². The first-order chi connectivity index (χ1) is 8.29. The number of nitrogens with zero attached hydrogens (tertiary/aromatic N) is 2. The lowest BCUT2D eigenvalue weighted by Crippen LogP contribution is -2.49. The molecule has 0 spiro atoms. The zero-order chi connectivity index (χ0) is 14.3. The number of carbonyl (C=O) groups is 3. The van der Waals surface area contributed by atoms with Crippen molar-refractivity contribution in [1.82, 2.24) is 10.2 Å². The Balaban J connectivity index is 4.55. The molecule has 2 atom stereocenters. The fourth-order valence-electron chi connectivity index (χ4n) is 1.09. The van der Waals surface area contributed by atoms with Crippen molar-refractivity contribution in [3.8, 4) is 6.07 Å². The number of hydrogen-bond donors (Lipinski definition) is 3. The van der Waals surface area contributed by atoms with Crippen LogP contribution < -0.4 is 5.32 Å². The molecule has 100 valence electrons. The minimum atomic E-state index is -1.49. The summed E-state index contributed by atoms with van der Waals surface area (Å²) in [6.45, 7) is 1.62. The number of carboxylic acid groups (broad SMARTS) is 2. The standard InChI is InChI=1S/C10H15N3O5/c1-6(3-4-11)13(2)10(18)12-7(9(16)17)5-8(14)15/h6-7H,3,5H2,1-2H3,(H,12,18)(H,14,15)(H,16,17)/t6?,7-/m1/s1. The molecule has 0 heterocycles. The summed E-state index contributed by atoms with van der Waals surface area (Å²) in [5, 5.41) is 27.8. The van der Waals surface area contributed by atoms with Crippen molar-refractivity contribution in [2.75, 3.05) is 7.05 Å². The fourth-order valence-corrected chi connectivity index (χ4v) is 1.09. The molecule has 8 heteroatoms. The Kier molecular flexibility index (Phi) is 6.20. The molecular formula is C10H15N3O5. The van der Waals surface area contributed by atoms with Gasteiger partial charge in [-0.3, -0.25) is 4.79 Å². The molecule has 1 unspecified atom stereocenters. The molecule has 0 aromatic heterocycles. The molecule has 0 saturated heterocycles. The molecule has 0 aromatic carbocycles. The maximum absolute atomic E-state index is 11.6. The Bertz CT molecular complexity index is 376. The van der Waals surface area contributed by atoms with E-state index >= 15 is 0 Å². The van der Waals surface area contributed by atoms with Gasteiger partial charge in [-0.1, -0.05) is 0 Å². The van der Waals surface area contributed by atoms with Crippen LogP contribution in [0.1, 0.15) is 19.8 Å². The molecule has 2 amide bonds. The summed E-state index contributed by atoms with van der Waals surface area (Å²) < 4.78 is 0. The van der Waals surface area contributed by atoms with Gasteiger partial charge in [0.25, 0.3) is 0 Å². The molecule has 0 aliphatic rings. The predicted molar refractivity (Wildman–Crippen MR) is 59.7 cm³/mol. The first kappa shape index (κ1) is 15.7. The average molecular weight is 257 g/mol. The summed E-state index contributed by atoms with van der Waals surface area (Å²) in [5.41, 5.74) is 0. The summed E-state index contributed by atoms with van der Waals surface area (Å²) in [7, 11) is 1.40. The van der Waals surface area contributed by atoms with Gasteiger partial charge in [0.15, 0.2) is 0 Å². The molecule has 18 heavy (non-hydrogen) atoms. The number of nitriles is 1. The highest BCUT2D eigenvalue weighted by atomic mass is 16.4. The van der Waals surface area contributed by atoms with Crippen LogP contribution in [0.25, 0.3) is 0 Å². The predicted octanol–water partition coefficient (Wildman–Crippen LogP) is -0.142. The van der Waals surface area contributed by atoms with Gasteiger partial charge < -0.3 is 20.4 Å². The third-order valence-corrected chi connectivity index (χ3v) is 2.34. The van der Waals surface area contributed by atoms with E-state index in [1.807, 2.05) is 6.07 Å². The first-order valence-electron chi connectivity index (χ1n) is 5.14. The van der Waals surface area contributed by atoms with Gasteiger partial charge in [-0.25, -0.2) is 9.59 Å². The van der Waals surface area contributed by atoms with Crippen molar-refractivity contribution in [2.45, 2.75) is 31.8 Å². The van der Waals surface area contributed by atoms with E-state index in [4.69, 9.17) is 15.5 Å². The highest BCUT2D eigenvalue weighted by Gasteiger charge is 2.25. The van der Waals surface area contributed by atoms with Crippen molar-refractivity contribution in [3.63, 3.8) is 0 Å². The third kappa shape index (κ3) is 5.16. The summed E-state index contributed by atoms with van der Waals surface area (Å²) in [5.74, 6) is -2.75. The van der Waals surface area contributed by atoms with Crippen molar-refractivity contribution >= 4 is 18.0 Å². The molecule has 8 nitrogen and oxygen atoms in total. The van der Waals surface area contributed by atoms with E-state index < -0.39 is 36.5 Å². The van der Waals surface area contributed by atoms with E-state index in [1.54, 1.807) is 6.92 Å². The number of urea groups is 1. The van der Waals surface area contributed by atoms with Gasteiger partial charge >= 0.3 is 18.0 Å². The second kappa shape index (κ2) is 7.11. The summed E-state index contributed by atoms with van der Waals surface area (Å²) >= 11 is 0. The minimum Gasteiger partial charge on any atom is -0.481 e. The van der Waals surface area contributed by atoms with E-state index in [-0.39, 0.29) is 6.42 Å². The van der Waals surface area contributed by atoms with Crippen LogP contribution in [-0.4, -0.2) is 52.2 Å². The SMILES string of the molecule is CC(CC#N)N(C)C(=O)N[C@H](CC(=O)O)C(=O)O. The number of amides is 2. The normalized spacial score (nSPS) is 12.9. The number of rotatable bonds is 6.